The van der Waals surface area contributed by atoms with E-state index in [1.807, 2.05) is 30.3 Å². The molecule has 0 radical (unpaired) electrons. The second-order valence-corrected chi connectivity index (χ2v) is 24.5. The minimum absolute atomic E-state index is 0.0389. The number of imidazole rings is 1. The van der Waals surface area contributed by atoms with Crippen molar-refractivity contribution in [1.82, 2.24) is 30.2 Å². The molecule has 0 saturated carbocycles. The Bertz CT molecular complexity index is 1540. The van der Waals surface area contributed by atoms with Crippen molar-refractivity contribution in [2.24, 2.45) is 0 Å². The highest BCUT2D eigenvalue weighted by Crippen LogP contribution is 2.46. The highest BCUT2D eigenvalue weighted by molar-refractivity contribution is 6.74. The number of hydrogen-bond acceptors (Lipinski definition) is 9. The van der Waals surface area contributed by atoms with E-state index in [4.69, 9.17) is 18.3 Å². The van der Waals surface area contributed by atoms with Crippen LogP contribution < -0.4 is 16.0 Å². The first-order valence-electron chi connectivity index (χ1n) is 16.0. The van der Waals surface area contributed by atoms with E-state index in [2.05, 4.69) is 98.6 Å². The number of carbonyl (C=O) groups excluding carboxylic acids is 2. The monoisotopic (exact) mass is 685 g/mol. The highest BCUT2D eigenvalue weighted by Gasteiger charge is 2.55. The van der Waals surface area contributed by atoms with Crippen LogP contribution in [0.2, 0.25) is 36.3 Å². The molecular weight excluding hydrogens is 635 g/mol. The Morgan fingerprint density at radius 1 is 0.915 bits per heavy atom. The van der Waals surface area contributed by atoms with Gasteiger partial charge in [0.1, 0.15) is 31.2 Å². The first-order chi connectivity index (χ1) is 21.8. The topological polar surface area (TPSA) is 151 Å². The lowest BCUT2D eigenvalue weighted by molar-refractivity contribution is -0.0513. The molecule has 47 heavy (non-hydrogen) atoms. The number of rotatable bonds is 10. The fourth-order valence-corrected chi connectivity index (χ4v) is 7.26. The lowest BCUT2D eigenvalue weighted by Crippen LogP contribution is -2.54. The van der Waals surface area contributed by atoms with Crippen LogP contribution in [0.15, 0.2) is 43.0 Å². The Morgan fingerprint density at radius 2 is 1.53 bits per heavy atom. The maximum Gasteiger partial charge on any atom is 0.406 e. The van der Waals surface area contributed by atoms with Gasteiger partial charge in [-0.3, -0.25) is 9.88 Å². The number of benzene rings is 1. The zero-order valence-corrected chi connectivity index (χ0v) is 31.5. The number of alkyl carbamates (subject to hydrolysis) is 1. The Labute approximate surface area is 279 Å². The second-order valence-electron chi connectivity index (χ2n) is 14.9. The first kappa shape index (κ1) is 36.5. The maximum absolute atomic E-state index is 12.8. The van der Waals surface area contributed by atoms with Crippen molar-refractivity contribution in [2.45, 2.75) is 109 Å². The van der Waals surface area contributed by atoms with Gasteiger partial charge in [-0.15, -0.1) is 0 Å². The number of aromatic nitrogens is 4. The van der Waals surface area contributed by atoms with Crippen molar-refractivity contribution in [3.8, 4) is 0 Å². The molecule has 3 amide bonds. The third-order valence-corrected chi connectivity index (χ3v) is 18.5. The van der Waals surface area contributed by atoms with E-state index in [1.165, 1.54) is 13.4 Å². The van der Waals surface area contributed by atoms with Gasteiger partial charge in [0.2, 0.25) is 0 Å². The molecule has 3 N–H and O–H groups in total. The minimum atomic E-state index is -2.40. The zero-order chi connectivity index (χ0) is 34.8. The van der Waals surface area contributed by atoms with Crippen molar-refractivity contribution in [2.75, 3.05) is 19.0 Å². The van der Waals surface area contributed by atoms with Crippen LogP contribution >= 0.6 is 0 Å². The van der Waals surface area contributed by atoms with Gasteiger partial charge in [-0.05, 0) is 41.8 Å². The lowest BCUT2D eigenvalue weighted by Gasteiger charge is -2.44. The van der Waals surface area contributed by atoms with Gasteiger partial charge in [-0.25, -0.2) is 24.5 Å². The van der Waals surface area contributed by atoms with Crippen LogP contribution in [0.3, 0.4) is 0 Å². The molecule has 0 aliphatic carbocycles. The number of urea groups is 1. The summed E-state index contributed by atoms with van der Waals surface area (Å²) in [4.78, 5) is 38.5. The average molecular weight is 686 g/mol. The number of ether oxygens (including phenoxy) is 2. The zero-order valence-electron chi connectivity index (χ0n) is 29.5. The van der Waals surface area contributed by atoms with Crippen LogP contribution in [0.25, 0.3) is 11.2 Å². The number of nitrogens with zero attached hydrogens (tertiary/aromatic N) is 4. The van der Waals surface area contributed by atoms with Crippen LogP contribution in [0, 0.1) is 0 Å². The standard InChI is InChI=1S/C32H51N7O6Si2/c1-31(2,3)46(8,9)44-24-22(18-42-30(41)33-7)43-28(25(24)45-47(10,11)32(4,5)6)39-20-37-23-26(35-19-36-27(23)39)38-29(40)34-17-21-15-13-12-14-16-21/h12-16,19-20,22,24-25,28H,17-18H2,1-11H3,(H,33,41)(H2,34,35,36,38,40)/t22-,24-,25-,28-/m1/s1. The van der Waals surface area contributed by atoms with Crippen LogP contribution in [0.5, 0.6) is 0 Å². The van der Waals surface area contributed by atoms with Gasteiger partial charge in [0.15, 0.2) is 39.8 Å². The molecule has 1 saturated heterocycles. The normalized spacial score (nSPS) is 20.7. The third-order valence-electron chi connectivity index (χ3n) is 9.50. The van der Waals surface area contributed by atoms with Crippen LogP contribution in [0.4, 0.5) is 15.4 Å². The average Bonchev–Trinajstić information content (AvgIpc) is 3.55. The Morgan fingerprint density at radius 3 is 2.13 bits per heavy atom. The molecular formula is C32H51N7O6Si2. The molecule has 1 aliphatic rings. The minimum Gasteiger partial charge on any atom is -0.447 e. The molecule has 13 nitrogen and oxygen atoms in total. The summed E-state index contributed by atoms with van der Waals surface area (Å²) in [5.41, 5.74) is 1.81. The van der Waals surface area contributed by atoms with E-state index in [0.29, 0.717) is 17.7 Å². The van der Waals surface area contributed by atoms with Crippen molar-refractivity contribution < 1.29 is 27.9 Å². The molecule has 2 aromatic heterocycles. The Kier molecular flexibility index (Phi) is 10.9. The molecule has 3 aromatic rings. The fraction of sp³-hybridized carbons (Fsp3) is 0.594. The molecule has 3 heterocycles. The molecule has 1 aliphatic heterocycles. The summed E-state index contributed by atoms with van der Waals surface area (Å²) in [6, 6.07) is 9.20. The lowest BCUT2D eigenvalue weighted by atomic mass is 10.1. The summed E-state index contributed by atoms with van der Waals surface area (Å²) in [6.07, 6.45) is -0.0704. The number of hydrogen-bond donors (Lipinski definition) is 3. The van der Waals surface area contributed by atoms with Gasteiger partial charge >= 0.3 is 12.1 Å². The smallest absolute Gasteiger partial charge is 0.406 e. The molecule has 258 valence electrons. The van der Waals surface area contributed by atoms with Gasteiger partial charge < -0.3 is 29.0 Å². The summed E-state index contributed by atoms with van der Waals surface area (Å²) in [5.74, 6) is 0.257. The Balaban J connectivity index is 1.72. The molecule has 4 atom stereocenters. The number of carbonyl (C=O) groups is 2. The molecule has 0 spiro atoms. The van der Waals surface area contributed by atoms with E-state index < -0.39 is 53.3 Å². The van der Waals surface area contributed by atoms with Crippen molar-refractivity contribution >= 4 is 45.7 Å². The summed E-state index contributed by atoms with van der Waals surface area (Å²) in [6.45, 7) is 22.1. The van der Waals surface area contributed by atoms with E-state index >= 15 is 0 Å². The maximum atomic E-state index is 12.8. The predicted molar refractivity (Wildman–Crippen MR) is 186 cm³/mol. The molecule has 0 unspecified atom stereocenters. The summed E-state index contributed by atoms with van der Waals surface area (Å²) < 4.78 is 28.2. The van der Waals surface area contributed by atoms with E-state index in [-0.39, 0.29) is 22.5 Å². The van der Waals surface area contributed by atoms with Crippen LogP contribution in [-0.4, -0.2) is 80.2 Å². The highest BCUT2D eigenvalue weighted by atomic mass is 28.4. The molecule has 15 heteroatoms. The first-order valence-corrected chi connectivity index (χ1v) is 21.8. The quantitative estimate of drug-likeness (QED) is 0.213. The largest absolute Gasteiger partial charge is 0.447 e. The SMILES string of the molecule is CNC(=O)OC[C@H]1O[C@@H](n2cnc3c(NC(=O)NCc4ccccc4)ncnc32)[C@H](O[Si](C)(C)C(C)(C)C)[C@@H]1O[Si](C)(C)C(C)(C)C. The van der Waals surface area contributed by atoms with Crippen molar-refractivity contribution in [1.29, 1.82) is 0 Å². The third kappa shape index (κ3) is 8.38. The molecule has 4 rings (SSSR count). The summed E-state index contributed by atoms with van der Waals surface area (Å²) in [5, 5.41) is 7.95. The van der Waals surface area contributed by atoms with Crippen molar-refractivity contribution in [3.63, 3.8) is 0 Å². The number of nitrogens with one attached hydrogen (secondary N) is 3. The summed E-state index contributed by atoms with van der Waals surface area (Å²) >= 11 is 0. The van der Waals surface area contributed by atoms with Crippen molar-refractivity contribution in [3.05, 3.63) is 48.5 Å². The number of fused-ring (bicyclic) bond motifs is 1. The van der Waals surface area contributed by atoms with Crippen LogP contribution in [-0.2, 0) is 24.9 Å². The number of anilines is 1. The van der Waals surface area contributed by atoms with Gasteiger partial charge in [0, 0.05) is 13.6 Å². The van der Waals surface area contributed by atoms with Gasteiger partial charge in [0.25, 0.3) is 0 Å². The predicted octanol–water partition coefficient (Wildman–Crippen LogP) is 6.18. The molecule has 1 fully saturated rings. The second kappa shape index (κ2) is 14.0. The van der Waals surface area contributed by atoms with E-state index in [1.54, 1.807) is 10.9 Å². The fourth-order valence-electron chi connectivity index (χ4n) is 4.66. The van der Waals surface area contributed by atoms with Crippen LogP contribution in [0.1, 0.15) is 53.3 Å². The van der Waals surface area contributed by atoms with Gasteiger partial charge in [-0.2, -0.15) is 0 Å². The summed E-state index contributed by atoms with van der Waals surface area (Å²) in [7, 11) is -3.26. The molecule has 0 bridgehead atoms. The Hall–Kier alpha value is -3.38. The van der Waals surface area contributed by atoms with E-state index in [0.717, 1.165) is 5.56 Å². The van der Waals surface area contributed by atoms with E-state index in [9.17, 15) is 9.59 Å². The molecule has 1 aromatic carbocycles. The van der Waals surface area contributed by atoms with Gasteiger partial charge in [-0.1, -0.05) is 71.9 Å². The van der Waals surface area contributed by atoms with Gasteiger partial charge in [0.05, 0.1) is 6.33 Å². The number of amides is 3.